The normalized spacial score (nSPS) is 10.3. The molecule has 0 radical (unpaired) electrons. The molecule has 100 valence electrons. The molecule has 1 heterocycles. The van der Waals surface area contributed by atoms with E-state index in [-0.39, 0.29) is 0 Å². The van der Waals surface area contributed by atoms with Crippen molar-refractivity contribution in [1.29, 1.82) is 0 Å². The number of nitrogens with one attached hydrogen (secondary N) is 1. The van der Waals surface area contributed by atoms with Crippen LogP contribution in [0.4, 0.5) is 5.69 Å². The molecule has 2 aromatic rings. The van der Waals surface area contributed by atoms with Gasteiger partial charge in [0.25, 0.3) is 0 Å². The SMILES string of the molecule is COc1ncccc1CNc1c(C)cc(C)cc1Br. The molecule has 0 amide bonds. The van der Waals surface area contributed by atoms with Crippen molar-refractivity contribution in [2.24, 2.45) is 0 Å². The molecular formula is C15H17BrN2O. The smallest absolute Gasteiger partial charge is 0.218 e. The number of methoxy groups -OCH3 is 1. The zero-order valence-corrected chi connectivity index (χ0v) is 12.9. The van der Waals surface area contributed by atoms with Gasteiger partial charge >= 0.3 is 0 Å². The van der Waals surface area contributed by atoms with Gasteiger partial charge in [-0.2, -0.15) is 0 Å². The van der Waals surface area contributed by atoms with Crippen molar-refractivity contribution in [3.8, 4) is 5.88 Å². The lowest BCUT2D eigenvalue weighted by atomic mass is 10.1. The van der Waals surface area contributed by atoms with Gasteiger partial charge in [-0.05, 0) is 53.0 Å². The number of aryl methyl sites for hydroxylation is 2. The van der Waals surface area contributed by atoms with Crippen LogP contribution in [-0.4, -0.2) is 12.1 Å². The zero-order valence-electron chi connectivity index (χ0n) is 11.3. The van der Waals surface area contributed by atoms with Crippen molar-refractivity contribution in [2.75, 3.05) is 12.4 Å². The van der Waals surface area contributed by atoms with Gasteiger partial charge in [0.05, 0.1) is 12.8 Å². The lowest BCUT2D eigenvalue weighted by Gasteiger charge is -2.14. The molecule has 1 aromatic heterocycles. The van der Waals surface area contributed by atoms with Crippen molar-refractivity contribution < 1.29 is 4.74 Å². The molecule has 1 aromatic carbocycles. The number of hydrogen-bond acceptors (Lipinski definition) is 3. The van der Waals surface area contributed by atoms with Crippen molar-refractivity contribution in [2.45, 2.75) is 20.4 Å². The first-order valence-electron chi connectivity index (χ1n) is 6.10. The Bertz CT molecular complexity index is 561. The summed E-state index contributed by atoms with van der Waals surface area (Å²) < 4.78 is 6.33. The second-order valence-electron chi connectivity index (χ2n) is 4.46. The summed E-state index contributed by atoms with van der Waals surface area (Å²) >= 11 is 3.60. The minimum Gasteiger partial charge on any atom is -0.481 e. The predicted octanol–water partition coefficient (Wildman–Crippen LogP) is 4.08. The number of anilines is 1. The van der Waals surface area contributed by atoms with Crippen LogP contribution in [-0.2, 0) is 6.54 Å². The summed E-state index contributed by atoms with van der Waals surface area (Å²) in [6, 6.07) is 8.19. The van der Waals surface area contributed by atoms with Crippen LogP contribution < -0.4 is 10.1 Å². The molecule has 0 saturated carbocycles. The molecule has 0 aliphatic carbocycles. The van der Waals surface area contributed by atoms with E-state index in [2.05, 4.69) is 52.2 Å². The maximum Gasteiger partial charge on any atom is 0.218 e. The van der Waals surface area contributed by atoms with E-state index in [0.29, 0.717) is 12.4 Å². The first kappa shape index (κ1) is 13.9. The molecule has 0 bridgehead atoms. The van der Waals surface area contributed by atoms with Gasteiger partial charge in [0, 0.05) is 22.8 Å². The van der Waals surface area contributed by atoms with E-state index in [1.165, 1.54) is 11.1 Å². The molecule has 0 aliphatic rings. The Morgan fingerprint density at radius 2 is 2.11 bits per heavy atom. The van der Waals surface area contributed by atoms with Crippen molar-refractivity contribution in [3.63, 3.8) is 0 Å². The third-order valence-corrected chi connectivity index (χ3v) is 3.56. The predicted molar refractivity (Wildman–Crippen MR) is 81.7 cm³/mol. The van der Waals surface area contributed by atoms with E-state index in [1.54, 1.807) is 13.3 Å². The molecule has 0 spiro atoms. The zero-order chi connectivity index (χ0) is 13.8. The van der Waals surface area contributed by atoms with Gasteiger partial charge in [0.2, 0.25) is 5.88 Å². The van der Waals surface area contributed by atoms with Crippen molar-refractivity contribution in [1.82, 2.24) is 4.98 Å². The van der Waals surface area contributed by atoms with Crippen LogP contribution in [0.1, 0.15) is 16.7 Å². The molecule has 0 aliphatic heterocycles. The fraction of sp³-hybridized carbons (Fsp3) is 0.267. The molecule has 2 rings (SSSR count). The maximum absolute atomic E-state index is 5.25. The monoisotopic (exact) mass is 320 g/mol. The molecule has 0 atom stereocenters. The van der Waals surface area contributed by atoms with Gasteiger partial charge in [-0.15, -0.1) is 0 Å². The fourth-order valence-corrected chi connectivity index (χ4v) is 2.88. The average Bonchev–Trinajstić information content (AvgIpc) is 2.38. The van der Waals surface area contributed by atoms with Crippen LogP contribution in [0.2, 0.25) is 0 Å². The highest BCUT2D eigenvalue weighted by Crippen LogP contribution is 2.28. The first-order chi connectivity index (χ1) is 9.11. The van der Waals surface area contributed by atoms with Crippen LogP contribution in [0, 0.1) is 13.8 Å². The van der Waals surface area contributed by atoms with Crippen LogP contribution in [0.3, 0.4) is 0 Å². The molecule has 4 heteroatoms. The van der Waals surface area contributed by atoms with Crippen molar-refractivity contribution in [3.05, 3.63) is 51.6 Å². The Morgan fingerprint density at radius 1 is 1.32 bits per heavy atom. The minimum atomic E-state index is 0.663. The molecule has 1 N–H and O–H groups in total. The van der Waals surface area contributed by atoms with Gasteiger partial charge in [-0.25, -0.2) is 4.98 Å². The number of rotatable bonds is 4. The lowest BCUT2D eigenvalue weighted by Crippen LogP contribution is -2.04. The third kappa shape index (κ3) is 3.26. The second-order valence-corrected chi connectivity index (χ2v) is 5.32. The third-order valence-electron chi connectivity index (χ3n) is 2.93. The van der Waals surface area contributed by atoms with Gasteiger partial charge in [-0.1, -0.05) is 12.1 Å². The number of aromatic nitrogens is 1. The average molecular weight is 321 g/mol. The fourth-order valence-electron chi connectivity index (χ4n) is 2.07. The highest BCUT2D eigenvalue weighted by molar-refractivity contribution is 9.10. The van der Waals surface area contributed by atoms with Gasteiger partial charge in [-0.3, -0.25) is 0 Å². The second kappa shape index (κ2) is 6.06. The molecule has 19 heavy (non-hydrogen) atoms. The Morgan fingerprint density at radius 3 is 2.79 bits per heavy atom. The number of ether oxygens (including phenoxy) is 1. The first-order valence-corrected chi connectivity index (χ1v) is 6.89. The highest BCUT2D eigenvalue weighted by Gasteiger charge is 2.07. The van der Waals surface area contributed by atoms with Crippen molar-refractivity contribution >= 4 is 21.6 Å². The Kier molecular flexibility index (Phi) is 4.43. The quantitative estimate of drug-likeness (QED) is 0.921. The summed E-state index contributed by atoms with van der Waals surface area (Å²) in [5.74, 6) is 0.663. The highest BCUT2D eigenvalue weighted by atomic mass is 79.9. The molecule has 0 saturated heterocycles. The molecule has 0 unspecified atom stereocenters. The van der Waals surface area contributed by atoms with Gasteiger partial charge in [0.1, 0.15) is 0 Å². The van der Waals surface area contributed by atoms with E-state index in [4.69, 9.17) is 4.74 Å². The number of pyridine rings is 1. The van der Waals surface area contributed by atoms with E-state index < -0.39 is 0 Å². The number of hydrogen-bond donors (Lipinski definition) is 1. The Hall–Kier alpha value is -1.55. The molecular weight excluding hydrogens is 304 g/mol. The molecule has 3 nitrogen and oxygen atoms in total. The molecule has 0 fully saturated rings. The number of nitrogens with zero attached hydrogens (tertiary/aromatic N) is 1. The summed E-state index contributed by atoms with van der Waals surface area (Å²) in [7, 11) is 1.64. The van der Waals surface area contributed by atoms with Crippen LogP contribution >= 0.6 is 15.9 Å². The number of halogens is 1. The van der Waals surface area contributed by atoms with Gasteiger partial charge in [0.15, 0.2) is 0 Å². The summed E-state index contributed by atoms with van der Waals surface area (Å²) in [5, 5.41) is 3.43. The largest absolute Gasteiger partial charge is 0.481 e. The van der Waals surface area contributed by atoms with E-state index in [1.807, 2.05) is 12.1 Å². The van der Waals surface area contributed by atoms with Gasteiger partial charge < -0.3 is 10.1 Å². The maximum atomic E-state index is 5.25. The minimum absolute atomic E-state index is 0.663. The van der Waals surface area contributed by atoms with Crippen LogP contribution in [0.25, 0.3) is 0 Å². The van der Waals surface area contributed by atoms with E-state index >= 15 is 0 Å². The summed E-state index contributed by atoms with van der Waals surface area (Å²) in [6.45, 7) is 4.87. The Labute approximate surface area is 122 Å². The van der Waals surface area contributed by atoms with Crippen LogP contribution in [0.5, 0.6) is 5.88 Å². The standard InChI is InChI=1S/C15H17BrN2O/c1-10-7-11(2)14(13(16)8-10)18-9-12-5-4-6-17-15(12)19-3/h4-8,18H,9H2,1-3H3. The van der Waals surface area contributed by atoms with E-state index in [0.717, 1.165) is 15.7 Å². The number of benzene rings is 1. The Balaban J connectivity index is 2.19. The topological polar surface area (TPSA) is 34.1 Å². The summed E-state index contributed by atoms with van der Waals surface area (Å²) in [4.78, 5) is 4.19. The van der Waals surface area contributed by atoms with Crippen LogP contribution in [0.15, 0.2) is 34.9 Å². The lowest BCUT2D eigenvalue weighted by molar-refractivity contribution is 0.393. The van der Waals surface area contributed by atoms with E-state index in [9.17, 15) is 0 Å². The summed E-state index contributed by atoms with van der Waals surface area (Å²) in [6.07, 6.45) is 1.73. The summed E-state index contributed by atoms with van der Waals surface area (Å²) in [5.41, 5.74) is 4.61.